The molecule has 3 heteroatoms. The predicted molar refractivity (Wildman–Crippen MR) is 152 cm³/mol. The maximum absolute atomic E-state index is 14.1. The zero-order chi connectivity index (χ0) is 28.1. The second kappa shape index (κ2) is 7.39. The van der Waals surface area contributed by atoms with Crippen LogP contribution in [0.4, 0.5) is 0 Å². The van der Waals surface area contributed by atoms with E-state index in [-0.39, 0.29) is 27.4 Å². The van der Waals surface area contributed by atoms with Crippen molar-refractivity contribution in [1.82, 2.24) is 0 Å². The van der Waals surface area contributed by atoms with E-state index in [1.807, 2.05) is 0 Å². The highest BCUT2D eigenvalue weighted by atomic mass is 16.6. The van der Waals surface area contributed by atoms with E-state index >= 15 is 0 Å². The maximum atomic E-state index is 14.1. The number of ether oxygens (including phenoxy) is 1. The molecule has 38 heavy (non-hydrogen) atoms. The van der Waals surface area contributed by atoms with Gasteiger partial charge in [0.05, 0.1) is 0 Å². The first-order chi connectivity index (χ1) is 17.4. The lowest BCUT2D eigenvalue weighted by Gasteiger charge is -2.82. The monoisotopic (exact) mass is 522 g/mol. The summed E-state index contributed by atoms with van der Waals surface area (Å²) in [5.74, 6) is 3.78. The highest BCUT2D eigenvalue weighted by Crippen LogP contribution is 2.85. The van der Waals surface area contributed by atoms with E-state index in [1.54, 1.807) is 6.92 Å². The zero-order valence-corrected chi connectivity index (χ0v) is 26.0. The average molecular weight is 523 g/mol. The van der Waals surface area contributed by atoms with Crippen molar-refractivity contribution in [3.05, 3.63) is 12.7 Å². The number of hydrogen-bond acceptors (Lipinski definition) is 3. The number of fused-ring (bicyclic) bond motifs is 8. The Hall–Kier alpha value is -1.12. The summed E-state index contributed by atoms with van der Waals surface area (Å²) < 4.78 is 6.49. The van der Waals surface area contributed by atoms with Crippen LogP contribution in [-0.4, -0.2) is 17.4 Å². The fourth-order valence-electron chi connectivity index (χ4n) is 13.5. The topological polar surface area (TPSA) is 43.4 Å². The third-order valence-corrected chi connectivity index (χ3v) is 16.2. The van der Waals surface area contributed by atoms with Crippen molar-refractivity contribution in [3.8, 4) is 0 Å². The Bertz CT molecular complexity index is 1100. The molecule has 9 aliphatic rings. The summed E-state index contributed by atoms with van der Waals surface area (Å²) in [6.07, 6.45) is 9.60. The standard InChI is InChI=1S/C35H54O3/c1-12-28(37)38-35(20(2)36)19-23-18-26(31(23,7)8)34(35,11)33(10)25-16-22(30(25,5)6)17-27(33)32(9)14-13-21-15-24(32)29(21,3)4/h12,21-27H,1,13-19H2,2-11H3. The largest absolute Gasteiger partial charge is 0.447 e. The minimum Gasteiger partial charge on any atom is -0.447 e. The van der Waals surface area contributed by atoms with Gasteiger partial charge in [0.2, 0.25) is 0 Å². The summed E-state index contributed by atoms with van der Waals surface area (Å²) in [5.41, 5.74) is -0.609. The first-order valence-electron chi connectivity index (χ1n) is 15.7. The maximum Gasteiger partial charge on any atom is 0.331 e. The first-order valence-corrected chi connectivity index (χ1v) is 15.7. The number of esters is 1. The molecule has 0 radical (unpaired) electrons. The molecule has 11 atom stereocenters. The highest BCUT2D eigenvalue weighted by Gasteiger charge is 2.83. The Morgan fingerprint density at radius 2 is 1.26 bits per heavy atom. The Balaban J connectivity index is 1.59. The molecule has 0 heterocycles. The fraction of sp³-hybridized carbons (Fsp3) is 0.886. The molecule has 9 aliphatic carbocycles. The minimum atomic E-state index is -1.09. The third kappa shape index (κ3) is 2.65. The highest BCUT2D eigenvalue weighted by molar-refractivity contribution is 5.91. The van der Waals surface area contributed by atoms with Gasteiger partial charge in [-0.05, 0) is 120 Å². The van der Waals surface area contributed by atoms with Gasteiger partial charge in [-0.15, -0.1) is 0 Å². The molecule has 0 aromatic heterocycles. The van der Waals surface area contributed by atoms with Crippen molar-refractivity contribution >= 4 is 11.8 Å². The summed E-state index contributed by atoms with van der Waals surface area (Å²) >= 11 is 0. The Labute approximate surface area is 232 Å². The summed E-state index contributed by atoms with van der Waals surface area (Å²) in [5, 5.41) is 0. The predicted octanol–water partition coefficient (Wildman–Crippen LogP) is 8.27. The van der Waals surface area contributed by atoms with Crippen LogP contribution in [0.2, 0.25) is 0 Å². The lowest BCUT2D eigenvalue weighted by atomic mass is 9.22. The van der Waals surface area contributed by atoms with Crippen molar-refractivity contribution in [2.75, 3.05) is 0 Å². The van der Waals surface area contributed by atoms with Crippen LogP contribution in [0.1, 0.15) is 114 Å². The Kier molecular flexibility index (Phi) is 5.26. The van der Waals surface area contributed by atoms with Gasteiger partial charge in [0.25, 0.3) is 0 Å². The average Bonchev–Trinajstić information content (AvgIpc) is 2.83. The number of Topliss-reactive ketones (excluding diaryl/α,β-unsaturated/α-hetero) is 1. The number of hydrogen-bond donors (Lipinski definition) is 0. The summed E-state index contributed by atoms with van der Waals surface area (Å²) in [6, 6.07) is 0. The summed E-state index contributed by atoms with van der Waals surface area (Å²) in [6.45, 7) is 28.0. The number of carbonyl (C=O) groups excluding carboxylic acids is 2. The van der Waals surface area contributed by atoms with E-state index in [0.29, 0.717) is 35.5 Å². The van der Waals surface area contributed by atoms with E-state index in [4.69, 9.17) is 4.74 Å². The second-order valence-electron chi connectivity index (χ2n) is 17.5. The van der Waals surface area contributed by atoms with Crippen molar-refractivity contribution in [2.24, 2.45) is 73.9 Å². The quantitative estimate of drug-likeness (QED) is 0.270. The van der Waals surface area contributed by atoms with Crippen LogP contribution < -0.4 is 0 Å². The van der Waals surface area contributed by atoms with Gasteiger partial charge in [0.1, 0.15) is 0 Å². The normalized spacial score (nSPS) is 54.4. The fourth-order valence-corrected chi connectivity index (χ4v) is 13.5. The molecule has 0 aliphatic heterocycles. The Morgan fingerprint density at radius 3 is 1.76 bits per heavy atom. The van der Waals surface area contributed by atoms with Gasteiger partial charge in [-0.3, -0.25) is 4.79 Å². The third-order valence-electron chi connectivity index (χ3n) is 16.2. The van der Waals surface area contributed by atoms with Gasteiger partial charge in [0, 0.05) is 11.5 Å². The van der Waals surface area contributed by atoms with Crippen LogP contribution >= 0.6 is 0 Å². The summed E-state index contributed by atoms with van der Waals surface area (Å²) in [4.78, 5) is 27.1. The molecule has 0 aromatic rings. The van der Waals surface area contributed by atoms with Crippen LogP contribution in [0.15, 0.2) is 12.7 Å². The SMILES string of the molecule is C=CC(=O)OC1(C(C)=O)CC2CC(C2(C)C)C1(C)C1(C)C2CC(CC1C1(C)CCC3CC1C3(C)C)C2(C)C. The van der Waals surface area contributed by atoms with Gasteiger partial charge in [-0.1, -0.05) is 68.9 Å². The van der Waals surface area contributed by atoms with Gasteiger partial charge in [0.15, 0.2) is 11.4 Å². The van der Waals surface area contributed by atoms with E-state index in [2.05, 4.69) is 68.9 Å². The molecule has 0 amide bonds. The molecule has 0 saturated heterocycles. The van der Waals surface area contributed by atoms with Crippen molar-refractivity contribution < 1.29 is 14.3 Å². The van der Waals surface area contributed by atoms with Crippen LogP contribution in [0, 0.1) is 73.9 Å². The molecule has 9 saturated carbocycles. The molecular weight excluding hydrogens is 468 g/mol. The van der Waals surface area contributed by atoms with Gasteiger partial charge >= 0.3 is 5.97 Å². The van der Waals surface area contributed by atoms with Gasteiger partial charge in [-0.25, -0.2) is 4.79 Å². The van der Waals surface area contributed by atoms with E-state index in [1.165, 1.54) is 38.2 Å². The van der Waals surface area contributed by atoms with E-state index in [9.17, 15) is 9.59 Å². The molecule has 0 N–H and O–H groups in total. The minimum absolute atomic E-state index is 0.0532. The molecule has 11 unspecified atom stereocenters. The van der Waals surface area contributed by atoms with Crippen LogP contribution in [0.25, 0.3) is 0 Å². The van der Waals surface area contributed by atoms with Crippen molar-refractivity contribution in [3.63, 3.8) is 0 Å². The zero-order valence-electron chi connectivity index (χ0n) is 26.0. The van der Waals surface area contributed by atoms with Crippen LogP contribution in [0.5, 0.6) is 0 Å². The molecule has 3 nitrogen and oxygen atoms in total. The van der Waals surface area contributed by atoms with Crippen molar-refractivity contribution in [2.45, 2.75) is 120 Å². The molecule has 0 aromatic carbocycles. The number of carbonyl (C=O) groups is 2. The molecular formula is C35H54O3. The molecule has 6 bridgehead atoms. The van der Waals surface area contributed by atoms with Gasteiger partial charge in [-0.2, -0.15) is 0 Å². The lowest BCUT2D eigenvalue weighted by Crippen LogP contribution is -2.81. The summed E-state index contributed by atoms with van der Waals surface area (Å²) in [7, 11) is 0. The van der Waals surface area contributed by atoms with Crippen LogP contribution in [-0.2, 0) is 14.3 Å². The lowest BCUT2D eigenvalue weighted by molar-refractivity contribution is -0.361. The first kappa shape index (κ1) is 27.1. The number of ketones is 1. The van der Waals surface area contributed by atoms with E-state index in [0.717, 1.165) is 24.2 Å². The Morgan fingerprint density at radius 1 is 0.737 bits per heavy atom. The molecule has 9 rings (SSSR count). The van der Waals surface area contributed by atoms with Crippen molar-refractivity contribution in [1.29, 1.82) is 0 Å². The molecule has 212 valence electrons. The number of rotatable bonds is 5. The van der Waals surface area contributed by atoms with Gasteiger partial charge < -0.3 is 4.74 Å². The van der Waals surface area contributed by atoms with Crippen LogP contribution in [0.3, 0.4) is 0 Å². The smallest absolute Gasteiger partial charge is 0.331 e. The molecule has 9 fully saturated rings. The molecule has 0 spiro atoms. The van der Waals surface area contributed by atoms with E-state index < -0.39 is 17.0 Å². The second-order valence-corrected chi connectivity index (χ2v) is 17.5.